The molecule has 4 heteroatoms. The highest BCUT2D eigenvalue weighted by Gasteiger charge is 2.12. The van der Waals surface area contributed by atoms with Gasteiger partial charge in [-0.3, -0.25) is 0 Å². The Balaban J connectivity index is 2.58. The van der Waals surface area contributed by atoms with E-state index in [2.05, 4.69) is 0 Å². The summed E-state index contributed by atoms with van der Waals surface area (Å²) in [5, 5.41) is 3.85. The van der Waals surface area contributed by atoms with E-state index in [1.807, 2.05) is 17.7 Å². The highest BCUT2D eigenvalue weighted by molar-refractivity contribution is 7.08. The zero-order chi connectivity index (χ0) is 11.1. The molecular formula is C11H17NO2S. The molecule has 1 aromatic heterocycles. The van der Waals surface area contributed by atoms with Crippen molar-refractivity contribution >= 4 is 17.3 Å². The zero-order valence-electron chi connectivity index (χ0n) is 8.99. The first-order valence-corrected chi connectivity index (χ1v) is 6.16. The van der Waals surface area contributed by atoms with Crippen molar-refractivity contribution in [1.82, 2.24) is 0 Å². The van der Waals surface area contributed by atoms with Crippen LogP contribution in [0.5, 0.6) is 0 Å². The Kier molecular flexibility index (Phi) is 5.36. The Bertz CT molecular complexity index is 309. The molecule has 0 bridgehead atoms. The Labute approximate surface area is 94.2 Å². The maximum atomic E-state index is 11.6. The van der Waals surface area contributed by atoms with Crippen molar-refractivity contribution < 1.29 is 9.53 Å². The minimum Gasteiger partial charge on any atom is -0.462 e. The molecule has 0 radical (unpaired) electrons. The fourth-order valence-electron chi connectivity index (χ4n) is 1.26. The van der Waals surface area contributed by atoms with Gasteiger partial charge in [-0.15, -0.1) is 0 Å². The first-order chi connectivity index (χ1) is 7.29. The normalized spacial score (nSPS) is 10.3. The zero-order valence-corrected chi connectivity index (χ0v) is 9.81. The van der Waals surface area contributed by atoms with Gasteiger partial charge in [-0.05, 0) is 36.8 Å². The maximum absolute atomic E-state index is 11.6. The summed E-state index contributed by atoms with van der Waals surface area (Å²) in [5.41, 5.74) is 7.21. The molecule has 0 aliphatic carbocycles. The van der Waals surface area contributed by atoms with Crippen LogP contribution in [0.2, 0.25) is 0 Å². The highest BCUT2D eigenvalue weighted by atomic mass is 32.1. The standard InChI is InChI=1S/C11H17NO2S/c1-2-6-14-11(13)10-8-15-7-9(10)4-3-5-12/h7-8H,2-6,12H2,1H3. The second kappa shape index (κ2) is 6.58. The molecule has 1 rings (SSSR count). The molecular weight excluding hydrogens is 210 g/mol. The van der Waals surface area contributed by atoms with Crippen LogP contribution in [0.1, 0.15) is 35.7 Å². The van der Waals surface area contributed by atoms with Gasteiger partial charge in [-0.25, -0.2) is 4.79 Å². The molecule has 1 heterocycles. The van der Waals surface area contributed by atoms with Crippen LogP contribution < -0.4 is 5.73 Å². The number of hydrogen-bond acceptors (Lipinski definition) is 4. The lowest BCUT2D eigenvalue weighted by molar-refractivity contribution is 0.0504. The van der Waals surface area contributed by atoms with Crippen molar-refractivity contribution in [3.05, 3.63) is 21.9 Å². The maximum Gasteiger partial charge on any atom is 0.339 e. The number of hydrogen-bond donors (Lipinski definition) is 1. The van der Waals surface area contributed by atoms with Crippen LogP contribution in [-0.4, -0.2) is 19.1 Å². The van der Waals surface area contributed by atoms with Crippen molar-refractivity contribution in [2.24, 2.45) is 5.73 Å². The molecule has 3 nitrogen and oxygen atoms in total. The number of thiophene rings is 1. The van der Waals surface area contributed by atoms with E-state index < -0.39 is 0 Å². The molecule has 0 amide bonds. The van der Waals surface area contributed by atoms with Crippen LogP contribution in [0.25, 0.3) is 0 Å². The van der Waals surface area contributed by atoms with Gasteiger partial charge in [-0.1, -0.05) is 6.92 Å². The Hall–Kier alpha value is -0.870. The number of carbonyl (C=O) groups excluding carboxylic acids is 1. The van der Waals surface area contributed by atoms with E-state index in [-0.39, 0.29) is 5.97 Å². The largest absolute Gasteiger partial charge is 0.462 e. The van der Waals surface area contributed by atoms with Gasteiger partial charge in [0.1, 0.15) is 0 Å². The van der Waals surface area contributed by atoms with Crippen LogP contribution in [-0.2, 0) is 11.2 Å². The van der Waals surface area contributed by atoms with E-state index in [9.17, 15) is 4.79 Å². The third kappa shape index (κ3) is 3.64. The summed E-state index contributed by atoms with van der Waals surface area (Å²) in [5.74, 6) is -0.204. The average molecular weight is 227 g/mol. The molecule has 84 valence electrons. The summed E-state index contributed by atoms with van der Waals surface area (Å²) in [6, 6.07) is 0. The lowest BCUT2D eigenvalue weighted by atomic mass is 10.1. The summed E-state index contributed by atoms with van der Waals surface area (Å²) in [7, 11) is 0. The van der Waals surface area contributed by atoms with Crippen LogP contribution in [0.15, 0.2) is 10.8 Å². The quantitative estimate of drug-likeness (QED) is 0.758. The van der Waals surface area contributed by atoms with E-state index in [1.165, 1.54) is 11.3 Å². The molecule has 0 saturated heterocycles. The number of nitrogens with two attached hydrogens (primary N) is 1. The van der Waals surface area contributed by atoms with Gasteiger partial charge < -0.3 is 10.5 Å². The van der Waals surface area contributed by atoms with Crippen molar-refractivity contribution in [3.63, 3.8) is 0 Å². The van der Waals surface area contributed by atoms with Crippen molar-refractivity contribution in [1.29, 1.82) is 0 Å². The summed E-state index contributed by atoms with van der Waals surface area (Å²) >= 11 is 1.54. The minimum atomic E-state index is -0.204. The fourth-order valence-corrected chi connectivity index (χ4v) is 2.12. The second-order valence-electron chi connectivity index (χ2n) is 3.34. The Morgan fingerprint density at radius 1 is 1.53 bits per heavy atom. The molecule has 0 atom stereocenters. The van der Waals surface area contributed by atoms with Gasteiger partial charge in [0.2, 0.25) is 0 Å². The van der Waals surface area contributed by atoms with Crippen molar-refractivity contribution in [2.75, 3.05) is 13.2 Å². The Morgan fingerprint density at radius 2 is 2.33 bits per heavy atom. The first-order valence-electron chi connectivity index (χ1n) is 5.21. The molecule has 0 fully saturated rings. The number of rotatable bonds is 6. The number of aryl methyl sites for hydroxylation is 1. The predicted octanol–water partition coefficient (Wildman–Crippen LogP) is 2.21. The van der Waals surface area contributed by atoms with Crippen LogP contribution in [0.4, 0.5) is 0 Å². The summed E-state index contributed by atoms with van der Waals surface area (Å²) < 4.78 is 5.09. The Morgan fingerprint density at radius 3 is 3.00 bits per heavy atom. The number of ether oxygens (including phenoxy) is 1. The molecule has 0 aliphatic rings. The van der Waals surface area contributed by atoms with Gasteiger partial charge in [-0.2, -0.15) is 11.3 Å². The highest BCUT2D eigenvalue weighted by Crippen LogP contribution is 2.17. The number of carbonyl (C=O) groups is 1. The van der Waals surface area contributed by atoms with E-state index in [0.717, 1.165) is 24.8 Å². The smallest absolute Gasteiger partial charge is 0.339 e. The van der Waals surface area contributed by atoms with E-state index in [0.29, 0.717) is 18.7 Å². The molecule has 1 aromatic rings. The summed E-state index contributed by atoms with van der Waals surface area (Å²) in [4.78, 5) is 11.6. The summed E-state index contributed by atoms with van der Waals surface area (Å²) in [6.45, 7) is 3.13. The van der Waals surface area contributed by atoms with Gasteiger partial charge in [0.25, 0.3) is 0 Å². The third-order valence-electron chi connectivity index (χ3n) is 2.05. The molecule has 0 unspecified atom stereocenters. The first kappa shape index (κ1) is 12.2. The molecule has 15 heavy (non-hydrogen) atoms. The van der Waals surface area contributed by atoms with Gasteiger partial charge in [0, 0.05) is 5.38 Å². The second-order valence-corrected chi connectivity index (χ2v) is 4.08. The third-order valence-corrected chi connectivity index (χ3v) is 2.84. The van der Waals surface area contributed by atoms with Crippen molar-refractivity contribution in [2.45, 2.75) is 26.2 Å². The molecule has 0 spiro atoms. The monoisotopic (exact) mass is 227 g/mol. The fraction of sp³-hybridized carbons (Fsp3) is 0.545. The average Bonchev–Trinajstić information content (AvgIpc) is 2.71. The SMILES string of the molecule is CCCOC(=O)c1cscc1CCCN. The van der Waals surface area contributed by atoms with Gasteiger partial charge >= 0.3 is 5.97 Å². The van der Waals surface area contributed by atoms with E-state index >= 15 is 0 Å². The van der Waals surface area contributed by atoms with Crippen LogP contribution in [0, 0.1) is 0 Å². The van der Waals surface area contributed by atoms with Crippen LogP contribution >= 0.6 is 11.3 Å². The van der Waals surface area contributed by atoms with Gasteiger partial charge in [0.05, 0.1) is 12.2 Å². The van der Waals surface area contributed by atoms with E-state index in [1.54, 1.807) is 0 Å². The van der Waals surface area contributed by atoms with Crippen LogP contribution in [0.3, 0.4) is 0 Å². The van der Waals surface area contributed by atoms with E-state index in [4.69, 9.17) is 10.5 Å². The minimum absolute atomic E-state index is 0.204. The topological polar surface area (TPSA) is 52.3 Å². The number of esters is 1. The van der Waals surface area contributed by atoms with Gasteiger partial charge in [0.15, 0.2) is 0 Å². The molecule has 0 aromatic carbocycles. The summed E-state index contributed by atoms with van der Waals surface area (Å²) in [6.07, 6.45) is 2.62. The molecule has 0 aliphatic heterocycles. The van der Waals surface area contributed by atoms with Crippen molar-refractivity contribution in [3.8, 4) is 0 Å². The lowest BCUT2D eigenvalue weighted by Crippen LogP contribution is -2.08. The predicted molar refractivity (Wildman–Crippen MR) is 62.3 cm³/mol. The molecule has 2 N–H and O–H groups in total. The lowest BCUT2D eigenvalue weighted by Gasteiger charge is -2.04. The molecule has 0 saturated carbocycles.